The summed E-state index contributed by atoms with van der Waals surface area (Å²) < 4.78 is 0. The van der Waals surface area contributed by atoms with Gasteiger partial charge in [0, 0.05) is 17.1 Å². The van der Waals surface area contributed by atoms with Gasteiger partial charge in [-0.05, 0) is 18.1 Å². The molecule has 0 saturated heterocycles. The highest BCUT2D eigenvalue weighted by Gasteiger charge is 2.10. The van der Waals surface area contributed by atoms with Crippen molar-refractivity contribution in [2.75, 3.05) is 10.7 Å². The van der Waals surface area contributed by atoms with Crippen LogP contribution in [0.25, 0.3) is 0 Å². The molecule has 2 rings (SSSR count). The van der Waals surface area contributed by atoms with E-state index in [9.17, 15) is 0 Å². The molecule has 1 heterocycles. The largest absolute Gasteiger partial charge is 0.366 e. The lowest BCUT2D eigenvalue weighted by Gasteiger charge is -2.13. The summed E-state index contributed by atoms with van der Waals surface area (Å²) in [5.74, 6) is 6.93. The van der Waals surface area contributed by atoms with Crippen LogP contribution in [-0.2, 0) is 13.0 Å². The van der Waals surface area contributed by atoms with Gasteiger partial charge in [0.1, 0.15) is 18.0 Å². The van der Waals surface area contributed by atoms with Crippen molar-refractivity contribution in [1.82, 2.24) is 9.97 Å². The van der Waals surface area contributed by atoms with Crippen molar-refractivity contribution in [3.8, 4) is 0 Å². The number of hydrogen-bond donors (Lipinski definition) is 3. The van der Waals surface area contributed by atoms with Crippen LogP contribution in [0.3, 0.4) is 0 Å². The zero-order chi connectivity index (χ0) is 14.4. The molecule has 0 fully saturated rings. The number of nitrogen functional groups attached to an aromatic ring is 1. The van der Waals surface area contributed by atoms with Gasteiger partial charge >= 0.3 is 0 Å². The molecule has 0 unspecified atom stereocenters. The molecule has 0 atom stereocenters. The van der Waals surface area contributed by atoms with Gasteiger partial charge in [0.2, 0.25) is 0 Å². The highest BCUT2D eigenvalue weighted by atomic mass is 35.5. The van der Waals surface area contributed by atoms with Crippen molar-refractivity contribution in [1.29, 1.82) is 0 Å². The van der Waals surface area contributed by atoms with Crippen LogP contribution in [0.2, 0.25) is 5.02 Å². The Labute approximate surface area is 123 Å². The number of nitrogens with two attached hydrogens (primary N) is 1. The zero-order valence-electron chi connectivity index (χ0n) is 11.4. The van der Waals surface area contributed by atoms with Crippen molar-refractivity contribution < 1.29 is 0 Å². The number of nitrogens with zero attached hydrogens (tertiary/aromatic N) is 2. The molecular formula is C14H18ClN5. The maximum atomic E-state index is 6.14. The zero-order valence-corrected chi connectivity index (χ0v) is 12.1. The number of anilines is 2. The maximum absolute atomic E-state index is 6.14. The first kappa shape index (κ1) is 14.6. The van der Waals surface area contributed by atoms with Gasteiger partial charge in [-0.2, -0.15) is 0 Å². The average molecular weight is 292 g/mol. The minimum Gasteiger partial charge on any atom is -0.366 e. The van der Waals surface area contributed by atoms with Gasteiger partial charge in [0.05, 0.1) is 0 Å². The molecule has 0 saturated carbocycles. The molecule has 0 spiro atoms. The van der Waals surface area contributed by atoms with E-state index in [0.717, 1.165) is 34.8 Å². The molecule has 0 bridgehead atoms. The first-order valence-electron chi connectivity index (χ1n) is 6.54. The van der Waals surface area contributed by atoms with Crippen LogP contribution in [0.4, 0.5) is 11.6 Å². The summed E-state index contributed by atoms with van der Waals surface area (Å²) in [4.78, 5) is 8.43. The van der Waals surface area contributed by atoms with E-state index in [2.05, 4.69) is 27.6 Å². The second kappa shape index (κ2) is 7.07. The standard InChI is InChI=1S/C14H18ClN5/c1-2-5-11-13(18-9-19-14(11)20-16)17-8-10-6-3-4-7-12(10)15/h3-4,6-7,9H,2,5,8,16H2,1H3,(H2,17,18,19,20). The highest BCUT2D eigenvalue weighted by molar-refractivity contribution is 6.31. The van der Waals surface area contributed by atoms with E-state index in [-0.39, 0.29) is 0 Å². The molecule has 1 aromatic carbocycles. The molecule has 4 N–H and O–H groups in total. The fourth-order valence-corrected chi connectivity index (χ4v) is 2.20. The fraction of sp³-hybridized carbons (Fsp3) is 0.286. The van der Waals surface area contributed by atoms with Crippen molar-refractivity contribution in [3.05, 3.63) is 46.7 Å². The Morgan fingerprint density at radius 3 is 2.65 bits per heavy atom. The predicted octanol–water partition coefficient (Wildman–Crippen LogP) is 2.98. The second-order valence-electron chi connectivity index (χ2n) is 4.39. The lowest BCUT2D eigenvalue weighted by atomic mass is 10.1. The van der Waals surface area contributed by atoms with Crippen LogP contribution in [0.5, 0.6) is 0 Å². The molecule has 0 aliphatic rings. The Morgan fingerprint density at radius 1 is 1.20 bits per heavy atom. The predicted molar refractivity (Wildman–Crippen MR) is 82.6 cm³/mol. The van der Waals surface area contributed by atoms with Crippen molar-refractivity contribution >= 4 is 23.2 Å². The summed E-state index contributed by atoms with van der Waals surface area (Å²) >= 11 is 6.14. The summed E-state index contributed by atoms with van der Waals surface area (Å²) in [6, 6.07) is 7.73. The van der Waals surface area contributed by atoms with Gasteiger partial charge in [0.15, 0.2) is 0 Å². The topological polar surface area (TPSA) is 75.9 Å². The molecule has 1 aromatic heterocycles. The average Bonchev–Trinajstić information content (AvgIpc) is 2.47. The van der Waals surface area contributed by atoms with Crippen LogP contribution in [0.15, 0.2) is 30.6 Å². The van der Waals surface area contributed by atoms with Gasteiger partial charge in [0.25, 0.3) is 0 Å². The normalized spacial score (nSPS) is 10.3. The Morgan fingerprint density at radius 2 is 1.95 bits per heavy atom. The Bertz CT molecular complexity index is 573. The lowest BCUT2D eigenvalue weighted by molar-refractivity contribution is 0.896. The van der Waals surface area contributed by atoms with E-state index in [0.29, 0.717) is 12.4 Å². The summed E-state index contributed by atoms with van der Waals surface area (Å²) in [7, 11) is 0. The third-order valence-electron chi connectivity index (χ3n) is 2.99. The van der Waals surface area contributed by atoms with E-state index < -0.39 is 0 Å². The molecule has 0 aliphatic heterocycles. The summed E-state index contributed by atoms with van der Waals surface area (Å²) in [6.45, 7) is 2.71. The number of rotatable bonds is 6. The van der Waals surface area contributed by atoms with Crippen molar-refractivity contribution in [3.63, 3.8) is 0 Å². The van der Waals surface area contributed by atoms with E-state index in [4.69, 9.17) is 17.4 Å². The van der Waals surface area contributed by atoms with E-state index in [1.165, 1.54) is 6.33 Å². The van der Waals surface area contributed by atoms with Gasteiger partial charge in [-0.25, -0.2) is 15.8 Å². The second-order valence-corrected chi connectivity index (χ2v) is 4.80. The lowest BCUT2D eigenvalue weighted by Crippen LogP contribution is -2.14. The number of halogens is 1. The van der Waals surface area contributed by atoms with E-state index in [1.54, 1.807) is 0 Å². The number of benzene rings is 1. The SMILES string of the molecule is CCCc1c(NN)ncnc1NCc1ccccc1Cl. The summed E-state index contributed by atoms with van der Waals surface area (Å²) in [6.07, 6.45) is 3.33. The molecular weight excluding hydrogens is 274 g/mol. The van der Waals surface area contributed by atoms with Gasteiger partial charge in [-0.15, -0.1) is 0 Å². The summed E-state index contributed by atoms with van der Waals surface area (Å²) in [5, 5.41) is 4.04. The Kier molecular flexibility index (Phi) is 5.15. The van der Waals surface area contributed by atoms with Crippen LogP contribution in [0, 0.1) is 0 Å². The van der Waals surface area contributed by atoms with Crippen LogP contribution in [-0.4, -0.2) is 9.97 Å². The Hall–Kier alpha value is -1.85. The maximum Gasteiger partial charge on any atom is 0.148 e. The van der Waals surface area contributed by atoms with Crippen LogP contribution in [0.1, 0.15) is 24.5 Å². The van der Waals surface area contributed by atoms with Gasteiger partial charge in [-0.1, -0.05) is 43.1 Å². The molecule has 0 aliphatic carbocycles. The number of hydrogen-bond acceptors (Lipinski definition) is 5. The smallest absolute Gasteiger partial charge is 0.148 e. The molecule has 6 heteroatoms. The minimum atomic E-state index is 0.609. The van der Waals surface area contributed by atoms with E-state index >= 15 is 0 Å². The molecule has 0 amide bonds. The number of aromatic nitrogens is 2. The molecule has 5 nitrogen and oxygen atoms in total. The fourth-order valence-electron chi connectivity index (χ4n) is 2.00. The first-order chi connectivity index (χ1) is 9.76. The van der Waals surface area contributed by atoms with Crippen molar-refractivity contribution in [2.24, 2.45) is 5.84 Å². The third kappa shape index (κ3) is 3.37. The van der Waals surface area contributed by atoms with Gasteiger partial charge < -0.3 is 10.7 Å². The quantitative estimate of drug-likeness (QED) is 0.563. The van der Waals surface area contributed by atoms with Crippen molar-refractivity contribution in [2.45, 2.75) is 26.3 Å². The van der Waals surface area contributed by atoms with Gasteiger partial charge in [-0.3, -0.25) is 0 Å². The number of nitrogens with one attached hydrogen (secondary N) is 2. The first-order valence-corrected chi connectivity index (χ1v) is 6.91. The minimum absolute atomic E-state index is 0.609. The summed E-state index contributed by atoms with van der Waals surface area (Å²) in [5.41, 5.74) is 4.63. The third-order valence-corrected chi connectivity index (χ3v) is 3.35. The van der Waals surface area contributed by atoms with Crippen LogP contribution >= 0.6 is 11.6 Å². The monoisotopic (exact) mass is 291 g/mol. The van der Waals surface area contributed by atoms with E-state index in [1.807, 2.05) is 24.3 Å². The Balaban J connectivity index is 2.19. The van der Waals surface area contributed by atoms with Crippen LogP contribution < -0.4 is 16.6 Å². The molecule has 0 radical (unpaired) electrons. The molecule has 106 valence electrons. The number of hydrazine groups is 1. The molecule has 2 aromatic rings. The molecule has 20 heavy (non-hydrogen) atoms. The highest BCUT2D eigenvalue weighted by Crippen LogP contribution is 2.22.